The number of ether oxygens (including phenoxy) is 1. The van der Waals surface area contributed by atoms with Gasteiger partial charge in [-0.2, -0.15) is 0 Å². The summed E-state index contributed by atoms with van der Waals surface area (Å²) in [6.07, 6.45) is 6.18. The number of hydrogen-bond donors (Lipinski definition) is 0. The second-order valence-electron chi connectivity index (χ2n) is 6.66. The van der Waals surface area contributed by atoms with Crippen molar-refractivity contribution in [2.45, 2.75) is 30.8 Å². The summed E-state index contributed by atoms with van der Waals surface area (Å²) in [6.45, 7) is 3.93. The summed E-state index contributed by atoms with van der Waals surface area (Å²) < 4.78 is 6.15. The maximum atomic E-state index is 12.4. The van der Waals surface area contributed by atoms with Crippen molar-refractivity contribution >= 4 is 17.7 Å². The van der Waals surface area contributed by atoms with Gasteiger partial charge < -0.3 is 9.64 Å². The van der Waals surface area contributed by atoms with Crippen LogP contribution in [0.25, 0.3) is 0 Å². The molecule has 0 radical (unpaired) electrons. The molecular formula is C18H20N4O2S. The maximum absolute atomic E-state index is 12.4. The minimum atomic E-state index is -0.0309. The molecule has 2 saturated heterocycles. The van der Waals surface area contributed by atoms with Crippen molar-refractivity contribution in [3.63, 3.8) is 0 Å². The maximum Gasteiger partial charge on any atom is 0.274 e. The van der Waals surface area contributed by atoms with E-state index < -0.39 is 0 Å². The van der Waals surface area contributed by atoms with Gasteiger partial charge in [-0.1, -0.05) is 6.07 Å². The third-order valence-electron chi connectivity index (χ3n) is 4.61. The van der Waals surface area contributed by atoms with E-state index >= 15 is 0 Å². The summed E-state index contributed by atoms with van der Waals surface area (Å²) in [6, 6.07) is 5.85. The summed E-state index contributed by atoms with van der Waals surface area (Å²) in [7, 11) is 0. The number of thioether (sulfide) groups is 1. The fourth-order valence-electron chi connectivity index (χ4n) is 3.27. The lowest BCUT2D eigenvalue weighted by Gasteiger charge is -2.47. The van der Waals surface area contributed by atoms with Crippen LogP contribution < -0.4 is 0 Å². The van der Waals surface area contributed by atoms with Crippen LogP contribution in [0.3, 0.4) is 0 Å². The Labute approximate surface area is 151 Å². The van der Waals surface area contributed by atoms with Gasteiger partial charge in [0.15, 0.2) is 0 Å². The molecule has 0 saturated carbocycles. The van der Waals surface area contributed by atoms with E-state index in [-0.39, 0.29) is 16.8 Å². The monoisotopic (exact) mass is 356 g/mol. The first kappa shape index (κ1) is 16.5. The molecule has 2 fully saturated rings. The van der Waals surface area contributed by atoms with E-state index in [2.05, 4.69) is 15.0 Å². The third-order valence-corrected chi connectivity index (χ3v) is 6.19. The topological polar surface area (TPSA) is 68.2 Å². The first-order valence-corrected chi connectivity index (χ1v) is 9.36. The van der Waals surface area contributed by atoms with E-state index in [4.69, 9.17) is 4.74 Å². The number of hydrogen-bond acceptors (Lipinski definition) is 6. The zero-order valence-corrected chi connectivity index (χ0v) is 14.9. The fraction of sp³-hybridized carbons (Fsp3) is 0.444. The van der Waals surface area contributed by atoms with Crippen molar-refractivity contribution in [3.05, 3.63) is 53.9 Å². The lowest BCUT2D eigenvalue weighted by atomic mass is 9.92. The minimum Gasteiger partial charge on any atom is -0.371 e. The first-order chi connectivity index (χ1) is 12.1. The molecule has 0 bridgehead atoms. The Morgan fingerprint density at radius 1 is 1.32 bits per heavy atom. The van der Waals surface area contributed by atoms with Gasteiger partial charge in [0, 0.05) is 31.2 Å². The van der Waals surface area contributed by atoms with Gasteiger partial charge in [-0.3, -0.25) is 14.8 Å². The Balaban J connectivity index is 1.28. The molecule has 0 aliphatic carbocycles. The van der Waals surface area contributed by atoms with Gasteiger partial charge in [-0.05, 0) is 25.5 Å². The molecule has 2 aliphatic heterocycles. The molecule has 130 valence electrons. The van der Waals surface area contributed by atoms with Gasteiger partial charge in [-0.15, -0.1) is 11.8 Å². The summed E-state index contributed by atoms with van der Waals surface area (Å²) >= 11 is 1.92. The molecule has 25 heavy (non-hydrogen) atoms. The molecule has 0 N–H and O–H groups in total. The predicted octanol–water partition coefficient (Wildman–Crippen LogP) is 2.10. The SMILES string of the molecule is Cc1cnc(C(=O)N2CC3(CC(OCc4ccccn4)CS3)C2)cn1. The van der Waals surface area contributed by atoms with Crippen LogP contribution in [0.5, 0.6) is 0 Å². The standard InChI is InChI=1S/C18H20N4O2S/c1-13-7-21-16(8-20-13)17(23)22-11-18(12-22)6-15(10-25-18)24-9-14-4-2-3-5-19-14/h2-5,7-8,15H,6,9-12H2,1H3. The largest absolute Gasteiger partial charge is 0.371 e. The van der Waals surface area contributed by atoms with Crippen LogP contribution in [0.1, 0.15) is 28.3 Å². The van der Waals surface area contributed by atoms with Crippen molar-refractivity contribution in [1.82, 2.24) is 19.9 Å². The number of rotatable bonds is 4. The lowest BCUT2D eigenvalue weighted by Crippen LogP contribution is -2.60. The number of aromatic nitrogens is 3. The highest BCUT2D eigenvalue weighted by Gasteiger charge is 2.51. The second-order valence-corrected chi connectivity index (χ2v) is 8.14. The molecule has 0 aromatic carbocycles. The van der Waals surface area contributed by atoms with Crippen LogP contribution >= 0.6 is 11.8 Å². The van der Waals surface area contributed by atoms with Gasteiger partial charge >= 0.3 is 0 Å². The van der Waals surface area contributed by atoms with Crippen LogP contribution in [-0.4, -0.2) is 55.5 Å². The average Bonchev–Trinajstić information content (AvgIpc) is 3.04. The summed E-state index contributed by atoms with van der Waals surface area (Å²) in [5, 5.41) is 0. The fourth-order valence-corrected chi connectivity index (χ4v) is 4.83. The van der Waals surface area contributed by atoms with Gasteiger partial charge in [0.1, 0.15) is 5.69 Å². The number of carbonyl (C=O) groups is 1. The van der Waals surface area contributed by atoms with Crippen molar-refractivity contribution in [2.24, 2.45) is 0 Å². The quantitative estimate of drug-likeness (QED) is 0.836. The molecule has 4 rings (SSSR count). The highest BCUT2D eigenvalue weighted by Crippen LogP contribution is 2.46. The Morgan fingerprint density at radius 2 is 2.20 bits per heavy atom. The normalized spacial score (nSPS) is 21.3. The molecule has 2 aromatic rings. The molecule has 1 unspecified atom stereocenters. The minimum absolute atomic E-state index is 0.0309. The molecule has 1 amide bonds. The lowest BCUT2D eigenvalue weighted by molar-refractivity contribution is 0.0243. The highest BCUT2D eigenvalue weighted by atomic mass is 32.2. The van der Waals surface area contributed by atoms with E-state index in [9.17, 15) is 4.79 Å². The Bertz CT molecular complexity index is 747. The molecule has 4 heterocycles. The number of aryl methyl sites for hydroxylation is 1. The van der Waals surface area contributed by atoms with Crippen molar-refractivity contribution in [3.8, 4) is 0 Å². The van der Waals surface area contributed by atoms with Crippen LogP contribution in [-0.2, 0) is 11.3 Å². The molecule has 6 nitrogen and oxygen atoms in total. The third kappa shape index (κ3) is 3.52. The smallest absolute Gasteiger partial charge is 0.274 e. The second kappa shape index (κ2) is 6.72. The van der Waals surface area contributed by atoms with E-state index in [1.165, 1.54) is 0 Å². The number of nitrogens with zero attached hydrogens (tertiary/aromatic N) is 4. The summed E-state index contributed by atoms with van der Waals surface area (Å²) in [5.74, 6) is 0.940. The van der Waals surface area contributed by atoms with Gasteiger partial charge in [0.25, 0.3) is 5.91 Å². The summed E-state index contributed by atoms with van der Waals surface area (Å²) in [5.41, 5.74) is 2.19. The van der Waals surface area contributed by atoms with Gasteiger partial charge in [0.2, 0.25) is 0 Å². The Kier molecular flexibility index (Phi) is 4.43. The van der Waals surface area contributed by atoms with E-state index in [1.54, 1.807) is 18.6 Å². The van der Waals surface area contributed by atoms with E-state index in [1.807, 2.05) is 41.8 Å². The van der Waals surface area contributed by atoms with Crippen LogP contribution in [0, 0.1) is 6.92 Å². The molecule has 2 aliphatic rings. The molecule has 7 heteroatoms. The Hall–Kier alpha value is -1.99. The van der Waals surface area contributed by atoms with Crippen molar-refractivity contribution in [2.75, 3.05) is 18.8 Å². The highest BCUT2D eigenvalue weighted by molar-refractivity contribution is 8.01. The van der Waals surface area contributed by atoms with Crippen LogP contribution in [0.4, 0.5) is 0 Å². The van der Waals surface area contributed by atoms with Crippen LogP contribution in [0.15, 0.2) is 36.8 Å². The van der Waals surface area contributed by atoms with Gasteiger partial charge in [0.05, 0.1) is 35.0 Å². The average molecular weight is 356 g/mol. The number of pyridine rings is 1. The molecule has 2 aromatic heterocycles. The molecule has 1 spiro atoms. The van der Waals surface area contributed by atoms with E-state index in [0.717, 1.165) is 36.7 Å². The van der Waals surface area contributed by atoms with E-state index in [0.29, 0.717) is 12.3 Å². The van der Waals surface area contributed by atoms with Crippen LogP contribution in [0.2, 0.25) is 0 Å². The molecule has 1 atom stereocenters. The number of likely N-dealkylation sites (tertiary alicyclic amines) is 1. The number of amides is 1. The summed E-state index contributed by atoms with van der Waals surface area (Å²) in [4.78, 5) is 26.9. The van der Waals surface area contributed by atoms with Crippen molar-refractivity contribution < 1.29 is 9.53 Å². The number of carbonyl (C=O) groups excluding carboxylic acids is 1. The first-order valence-electron chi connectivity index (χ1n) is 8.37. The zero-order chi connectivity index (χ0) is 17.3. The van der Waals surface area contributed by atoms with Gasteiger partial charge in [-0.25, -0.2) is 4.98 Å². The predicted molar refractivity (Wildman–Crippen MR) is 95.3 cm³/mol. The Morgan fingerprint density at radius 3 is 2.92 bits per heavy atom. The van der Waals surface area contributed by atoms with Crippen molar-refractivity contribution in [1.29, 1.82) is 0 Å². The zero-order valence-electron chi connectivity index (χ0n) is 14.1. The molecular weight excluding hydrogens is 336 g/mol.